The highest BCUT2D eigenvalue weighted by atomic mass is 28.1. The highest BCUT2D eigenvalue weighted by Crippen LogP contribution is 1.78. The first-order valence-electron chi connectivity index (χ1n) is 2.00. The SMILES string of the molecule is C=CC([SiH3])N=C=O. The van der Waals surface area contributed by atoms with Crippen molar-refractivity contribution in [2.75, 3.05) is 0 Å². The number of hydrogen-bond acceptors (Lipinski definition) is 2. The molecule has 0 aromatic rings. The van der Waals surface area contributed by atoms with Gasteiger partial charge in [0.2, 0.25) is 6.08 Å². The minimum Gasteiger partial charge on any atom is -0.211 e. The van der Waals surface area contributed by atoms with Gasteiger partial charge >= 0.3 is 0 Å². The average Bonchev–Trinajstić information content (AvgIpc) is 1.68. The number of carbonyl (C=O) groups excluding carboxylic acids is 1. The minimum absolute atomic E-state index is 0.0532. The van der Waals surface area contributed by atoms with E-state index in [1.165, 1.54) is 6.08 Å². The summed E-state index contributed by atoms with van der Waals surface area (Å²) < 4.78 is 0. The largest absolute Gasteiger partial charge is 0.235 e. The van der Waals surface area contributed by atoms with Gasteiger partial charge < -0.3 is 0 Å². The molecule has 0 saturated heterocycles. The third-order valence-corrected chi connectivity index (χ3v) is 1.33. The third kappa shape index (κ3) is 3.16. The Morgan fingerprint density at radius 2 is 2.57 bits per heavy atom. The van der Waals surface area contributed by atoms with E-state index in [-0.39, 0.29) is 5.67 Å². The molecule has 0 N–H and O–H groups in total. The van der Waals surface area contributed by atoms with Crippen molar-refractivity contribution >= 4 is 16.3 Å². The average molecular weight is 113 g/mol. The fourth-order valence-electron chi connectivity index (χ4n) is 0.136. The molecule has 0 spiro atoms. The Bertz CT molecular complexity index is 106. The molecule has 0 aliphatic rings. The Hall–Kier alpha value is -0.663. The predicted octanol–water partition coefficient (Wildman–Crippen LogP) is -0.800. The maximum Gasteiger partial charge on any atom is 0.235 e. The summed E-state index contributed by atoms with van der Waals surface area (Å²) in [6.07, 6.45) is 3.09. The first-order valence-corrected chi connectivity index (χ1v) is 3.16. The maximum atomic E-state index is 9.46. The molecule has 0 aromatic carbocycles. The summed E-state index contributed by atoms with van der Waals surface area (Å²) >= 11 is 0. The van der Waals surface area contributed by atoms with E-state index >= 15 is 0 Å². The van der Waals surface area contributed by atoms with Gasteiger partial charge in [-0.2, -0.15) is 0 Å². The second kappa shape index (κ2) is 3.52. The van der Waals surface area contributed by atoms with Crippen LogP contribution in [0.1, 0.15) is 0 Å². The summed E-state index contributed by atoms with van der Waals surface area (Å²) in [5.74, 6) is 0. The molecular formula is C4H7NOSi. The lowest BCUT2D eigenvalue weighted by Gasteiger charge is -1.86. The molecule has 0 amide bonds. The predicted molar refractivity (Wildman–Crippen MR) is 32.0 cm³/mol. The van der Waals surface area contributed by atoms with Crippen molar-refractivity contribution in [3.63, 3.8) is 0 Å². The zero-order chi connectivity index (χ0) is 5.70. The molecule has 0 fully saturated rings. The molecule has 0 aliphatic heterocycles. The first kappa shape index (κ1) is 6.34. The van der Waals surface area contributed by atoms with E-state index in [2.05, 4.69) is 11.6 Å². The summed E-state index contributed by atoms with van der Waals surface area (Å²) in [5.41, 5.74) is 0.0532. The normalized spacial score (nSPS) is 12.0. The Morgan fingerprint density at radius 1 is 2.00 bits per heavy atom. The molecule has 0 heterocycles. The molecule has 7 heavy (non-hydrogen) atoms. The second-order valence-electron chi connectivity index (χ2n) is 1.20. The van der Waals surface area contributed by atoms with E-state index < -0.39 is 0 Å². The van der Waals surface area contributed by atoms with Crippen LogP contribution in [0.15, 0.2) is 17.6 Å². The second-order valence-corrected chi connectivity index (χ2v) is 2.38. The van der Waals surface area contributed by atoms with Crippen LogP contribution in [0.25, 0.3) is 0 Å². The molecule has 0 radical (unpaired) electrons. The summed E-state index contributed by atoms with van der Waals surface area (Å²) in [6.45, 7) is 3.44. The number of aliphatic imine (C=N–C) groups is 1. The van der Waals surface area contributed by atoms with E-state index in [0.717, 1.165) is 10.2 Å². The molecule has 0 aromatic heterocycles. The van der Waals surface area contributed by atoms with Crippen LogP contribution >= 0.6 is 0 Å². The van der Waals surface area contributed by atoms with Crippen LogP contribution in [-0.4, -0.2) is 22.0 Å². The van der Waals surface area contributed by atoms with Crippen LogP contribution < -0.4 is 0 Å². The molecule has 0 bridgehead atoms. The molecule has 38 valence electrons. The lowest BCUT2D eigenvalue weighted by Crippen LogP contribution is -1.94. The maximum absolute atomic E-state index is 9.46. The Balaban J connectivity index is 3.56. The molecule has 0 aliphatic carbocycles. The van der Waals surface area contributed by atoms with Crippen molar-refractivity contribution in [1.29, 1.82) is 0 Å². The quantitative estimate of drug-likeness (QED) is 0.199. The van der Waals surface area contributed by atoms with E-state index in [0.29, 0.717) is 0 Å². The van der Waals surface area contributed by atoms with Crippen LogP contribution in [0, 0.1) is 0 Å². The molecule has 2 nitrogen and oxygen atoms in total. The van der Waals surface area contributed by atoms with E-state index in [9.17, 15) is 4.79 Å². The van der Waals surface area contributed by atoms with Gasteiger partial charge in [0.15, 0.2) is 0 Å². The Morgan fingerprint density at radius 3 is 2.71 bits per heavy atom. The van der Waals surface area contributed by atoms with E-state index in [1.807, 2.05) is 0 Å². The van der Waals surface area contributed by atoms with Gasteiger partial charge in [-0.05, 0) is 0 Å². The van der Waals surface area contributed by atoms with Gasteiger partial charge in [-0.25, -0.2) is 9.79 Å². The van der Waals surface area contributed by atoms with Crippen molar-refractivity contribution in [3.05, 3.63) is 12.7 Å². The van der Waals surface area contributed by atoms with Crippen LogP contribution in [0.3, 0.4) is 0 Å². The molecular weight excluding hydrogens is 106 g/mol. The van der Waals surface area contributed by atoms with Gasteiger partial charge in [0.05, 0.1) is 5.67 Å². The monoisotopic (exact) mass is 113 g/mol. The zero-order valence-electron chi connectivity index (χ0n) is 4.22. The lowest BCUT2D eigenvalue weighted by atomic mass is 10.6. The lowest BCUT2D eigenvalue weighted by molar-refractivity contribution is 0.563. The van der Waals surface area contributed by atoms with Crippen molar-refractivity contribution in [3.8, 4) is 0 Å². The topological polar surface area (TPSA) is 29.4 Å². The summed E-state index contributed by atoms with van der Waals surface area (Å²) in [6, 6.07) is 0. The van der Waals surface area contributed by atoms with E-state index in [1.54, 1.807) is 6.08 Å². The van der Waals surface area contributed by atoms with Gasteiger partial charge in [-0.1, -0.05) is 6.08 Å². The molecule has 0 saturated carbocycles. The standard InChI is InChI=1S/C4H7NOSi/c1-2-4(7)5-3-6/h2,4H,1H2,7H3. The number of rotatable bonds is 2. The third-order valence-electron chi connectivity index (χ3n) is 0.597. The van der Waals surface area contributed by atoms with Gasteiger partial charge in [0.1, 0.15) is 0 Å². The summed E-state index contributed by atoms with van der Waals surface area (Å²) in [7, 11) is 0.852. The van der Waals surface area contributed by atoms with Crippen molar-refractivity contribution < 1.29 is 4.79 Å². The van der Waals surface area contributed by atoms with Crippen LogP contribution in [0.4, 0.5) is 0 Å². The molecule has 1 atom stereocenters. The van der Waals surface area contributed by atoms with Crippen molar-refractivity contribution in [2.24, 2.45) is 4.99 Å². The van der Waals surface area contributed by atoms with Crippen LogP contribution in [0.5, 0.6) is 0 Å². The van der Waals surface area contributed by atoms with Crippen LogP contribution in [-0.2, 0) is 4.79 Å². The summed E-state index contributed by atoms with van der Waals surface area (Å²) in [4.78, 5) is 12.8. The van der Waals surface area contributed by atoms with Crippen molar-refractivity contribution in [2.45, 2.75) is 5.67 Å². The summed E-state index contributed by atoms with van der Waals surface area (Å²) in [5, 5.41) is 0. The number of hydrogen-bond donors (Lipinski definition) is 0. The minimum atomic E-state index is 0.0532. The Labute approximate surface area is 45.4 Å². The smallest absolute Gasteiger partial charge is 0.211 e. The fraction of sp³-hybridized carbons (Fsp3) is 0.250. The van der Waals surface area contributed by atoms with Gasteiger partial charge in [-0.15, -0.1) is 6.58 Å². The number of isocyanates is 1. The highest BCUT2D eigenvalue weighted by Gasteiger charge is 1.83. The highest BCUT2D eigenvalue weighted by molar-refractivity contribution is 6.13. The number of nitrogens with zero attached hydrogens (tertiary/aromatic N) is 1. The fourth-order valence-corrected chi connectivity index (χ4v) is 0.241. The Kier molecular flexibility index (Phi) is 3.19. The van der Waals surface area contributed by atoms with Crippen molar-refractivity contribution in [1.82, 2.24) is 0 Å². The van der Waals surface area contributed by atoms with Crippen LogP contribution in [0.2, 0.25) is 0 Å². The zero-order valence-corrected chi connectivity index (χ0v) is 6.22. The van der Waals surface area contributed by atoms with E-state index in [4.69, 9.17) is 0 Å². The molecule has 3 heteroatoms. The van der Waals surface area contributed by atoms with Gasteiger partial charge in [0, 0.05) is 10.2 Å². The van der Waals surface area contributed by atoms with Gasteiger partial charge in [0.25, 0.3) is 0 Å². The molecule has 0 rings (SSSR count). The first-order chi connectivity index (χ1) is 3.31. The molecule has 1 unspecified atom stereocenters. The van der Waals surface area contributed by atoms with Gasteiger partial charge in [-0.3, -0.25) is 0 Å².